The number of rotatable bonds is 3. The van der Waals surface area contributed by atoms with Crippen LogP contribution in [0.5, 0.6) is 0 Å². The highest BCUT2D eigenvalue weighted by molar-refractivity contribution is 6.42. The van der Waals surface area contributed by atoms with E-state index in [1.165, 1.54) is 7.11 Å². The number of para-hydroxylation sites is 1. The second kappa shape index (κ2) is 7.23. The van der Waals surface area contributed by atoms with Crippen molar-refractivity contribution in [3.8, 4) is 5.69 Å². The Hall–Kier alpha value is -3.54. The quantitative estimate of drug-likeness (QED) is 0.645. The van der Waals surface area contributed by atoms with Gasteiger partial charge >= 0.3 is 5.97 Å². The number of methoxy groups -OCH3 is 1. The molecule has 0 atom stereocenters. The number of fused-ring (bicyclic) bond motifs is 1. The highest BCUT2D eigenvalue weighted by Crippen LogP contribution is 2.37. The molecule has 2 aromatic carbocycles. The predicted octanol–water partition coefficient (Wildman–Crippen LogP) is 4.26. The Labute approximate surface area is 163 Å². The first-order valence-electron chi connectivity index (χ1n) is 9.02. The van der Waals surface area contributed by atoms with Gasteiger partial charge in [-0.1, -0.05) is 48.0 Å². The molecule has 140 valence electrons. The molecular weight excluding hydrogens is 352 g/mol. The van der Waals surface area contributed by atoms with Crippen molar-refractivity contribution in [2.45, 2.75) is 20.3 Å². The Morgan fingerprint density at radius 2 is 1.71 bits per heavy atom. The number of carbonyl (C=O) groups is 1. The van der Waals surface area contributed by atoms with Gasteiger partial charge in [-0.3, -0.25) is 0 Å². The first-order chi connectivity index (χ1) is 13.6. The number of hydrogen-bond donors (Lipinski definition) is 0. The van der Waals surface area contributed by atoms with Crippen molar-refractivity contribution in [3.63, 3.8) is 0 Å². The van der Waals surface area contributed by atoms with E-state index in [9.17, 15) is 4.79 Å². The van der Waals surface area contributed by atoms with E-state index in [1.807, 2.05) is 68.4 Å². The van der Waals surface area contributed by atoms with E-state index in [1.54, 1.807) is 4.68 Å². The highest BCUT2D eigenvalue weighted by atomic mass is 16.5. The molecule has 1 aliphatic rings. The fourth-order valence-electron chi connectivity index (χ4n) is 3.14. The molecule has 6 heteroatoms. The summed E-state index contributed by atoms with van der Waals surface area (Å²) in [5.74, 6) is 0.151. The normalized spacial score (nSPS) is 13.2. The topological polar surface area (TPSA) is 68.8 Å². The summed E-state index contributed by atoms with van der Waals surface area (Å²) in [5.41, 5.74) is 5.34. The molecule has 1 aliphatic heterocycles. The number of nitrogens with zero attached hydrogens (tertiary/aromatic N) is 4. The third-order valence-electron chi connectivity index (χ3n) is 4.63. The van der Waals surface area contributed by atoms with Gasteiger partial charge in [0.1, 0.15) is 11.4 Å². The van der Waals surface area contributed by atoms with Crippen LogP contribution in [-0.4, -0.2) is 34.3 Å². The third kappa shape index (κ3) is 3.24. The zero-order valence-corrected chi connectivity index (χ0v) is 16.0. The lowest BCUT2D eigenvalue weighted by Crippen LogP contribution is -2.19. The maximum atomic E-state index is 12.3. The molecule has 0 spiro atoms. The molecule has 28 heavy (non-hydrogen) atoms. The average Bonchev–Trinajstić information content (AvgIpc) is 2.90. The molecule has 3 aromatic rings. The fourth-order valence-corrected chi connectivity index (χ4v) is 3.14. The van der Waals surface area contributed by atoms with Crippen molar-refractivity contribution < 1.29 is 9.53 Å². The molecule has 4 rings (SSSR count). The van der Waals surface area contributed by atoms with E-state index in [-0.39, 0.29) is 0 Å². The fraction of sp³-hybridized carbons (Fsp3) is 0.182. The van der Waals surface area contributed by atoms with Crippen molar-refractivity contribution in [1.29, 1.82) is 0 Å². The average molecular weight is 372 g/mol. The number of esters is 1. The Morgan fingerprint density at radius 1 is 1.00 bits per heavy atom. The summed E-state index contributed by atoms with van der Waals surface area (Å²) in [6.07, 6.45) is 0.290. The predicted molar refractivity (Wildman–Crippen MR) is 109 cm³/mol. The Morgan fingerprint density at radius 3 is 2.39 bits per heavy atom. The van der Waals surface area contributed by atoms with Crippen molar-refractivity contribution in [2.75, 3.05) is 7.11 Å². The maximum Gasteiger partial charge on any atom is 0.352 e. The first-order valence-corrected chi connectivity index (χ1v) is 9.02. The van der Waals surface area contributed by atoms with Crippen LogP contribution in [0.15, 0.2) is 64.6 Å². The van der Waals surface area contributed by atoms with Gasteiger partial charge in [-0.05, 0) is 31.5 Å². The van der Waals surface area contributed by atoms with Crippen LogP contribution in [0.3, 0.4) is 0 Å². The van der Waals surface area contributed by atoms with Crippen molar-refractivity contribution in [2.24, 2.45) is 9.98 Å². The van der Waals surface area contributed by atoms with Gasteiger partial charge in [0.15, 0.2) is 5.82 Å². The highest BCUT2D eigenvalue weighted by Gasteiger charge is 2.25. The number of ether oxygens (including phenoxy) is 1. The van der Waals surface area contributed by atoms with Crippen LogP contribution < -0.4 is 0 Å². The van der Waals surface area contributed by atoms with Crippen LogP contribution in [0.2, 0.25) is 0 Å². The second-order valence-electron chi connectivity index (χ2n) is 6.66. The summed E-state index contributed by atoms with van der Waals surface area (Å²) in [7, 11) is 1.36. The van der Waals surface area contributed by atoms with Crippen LogP contribution in [0.4, 0.5) is 11.5 Å². The standard InChI is InChI=1S/C22H20N4O2/c1-14-9-11-16(12-10-14)18-13-19(22(27)28-3)23-20-15(2)25-26(21(20)24-18)17-7-5-4-6-8-17/h4-12H,13H2,1-3H3. The molecule has 0 amide bonds. The molecule has 6 nitrogen and oxygen atoms in total. The van der Waals surface area contributed by atoms with Crippen LogP contribution in [0, 0.1) is 13.8 Å². The number of aryl methyl sites for hydroxylation is 2. The molecule has 0 saturated heterocycles. The van der Waals surface area contributed by atoms with Gasteiger partial charge in [0, 0.05) is 6.42 Å². The monoisotopic (exact) mass is 372 g/mol. The lowest BCUT2D eigenvalue weighted by Gasteiger charge is -2.08. The lowest BCUT2D eigenvalue weighted by molar-refractivity contribution is -0.132. The summed E-state index contributed by atoms with van der Waals surface area (Å²) < 4.78 is 6.71. The van der Waals surface area contributed by atoms with Crippen molar-refractivity contribution in [3.05, 3.63) is 71.4 Å². The van der Waals surface area contributed by atoms with Gasteiger partial charge in [-0.25, -0.2) is 19.5 Å². The van der Waals surface area contributed by atoms with Gasteiger partial charge in [0.25, 0.3) is 0 Å². The van der Waals surface area contributed by atoms with E-state index < -0.39 is 5.97 Å². The second-order valence-corrected chi connectivity index (χ2v) is 6.66. The Kier molecular flexibility index (Phi) is 4.61. The molecule has 1 aromatic heterocycles. The van der Waals surface area contributed by atoms with E-state index >= 15 is 0 Å². The third-order valence-corrected chi connectivity index (χ3v) is 4.63. The number of hydrogen-bond acceptors (Lipinski definition) is 5. The molecule has 2 heterocycles. The van der Waals surface area contributed by atoms with Gasteiger partial charge in [-0.2, -0.15) is 5.10 Å². The summed E-state index contributed by atoms with van der Waals surface area (Å²) in [4.78, 5) is 21.8. The zero-order valence-electron chi connectivity index (χ0n) is 16.0. The molecule has 0 saturated carbocycles. The van der Waals surface area contributed by atoms with Crippen molar-refractivity contribution in [1.82, 2.24) is 9.78 Å². The van der Waals surface area contributed by atoms with Gasteiger partial charge in [0.2, 0.25) is 0 Å². The maximum absolute atomic E-state index is 12.3. The minimum atomic E-state index is -0.459. The number of carbonyl (C=O) groups excluding carboxylic acids is 1. The molecule has 0 fully saturated rings. The summed E-state index contributed by atoms with van der Waals surface area (Å²) in [6.45, 7) is 3.90. The zero-order chi connectivity index (χ0) is 19.7. The minimum Gasteiger partial charge on any atom is -0.465 e. The largest absolute Gasteiger partial charge is 0.465 e. The molecular formula is C22H20N4O2. The first kappa shape index (κ1) is 17.9. The van der Waals surface area contributed by atoms with Crippen molar-refractivity contribution >= 4 is 28.9 Å². The van der Waals surface area contributed by atoms with E-state index in [0.29, 0.717) is 29.3 Å². The van der Waals surface area contributed by atoms with Crippen LogP contribution in [0.1, 0.15) is 23.2 Å². The van der Waals surface area contributed by atoms with E-state index in [2.05, 4.69) is 10.1 Å². The van der Waals surface area contributed by atoms with Crippen LogP contribution >= 0.6 is 0 Å². The molecule has 0 unspecified atom stereocenters. The van der Waals surface area contributed by atoms with Gasteiger partial charge < -0.3 is 4.74 Å². The summed E-state index contributed by atoms with van der Waals surface area (Å²) >= 11 is 0. The molecule has 0 aliphatic carbocycles. The van der Waals surface area contributed by atoms with Gasteiger partial charge in [-0.15, -0.1) is 0 Å². The lowest BCUT2D eigenvalue weighted by atomic mass is 10.0. The van der Waals surface area contributed by atoms with Gasteiger partial charge in [0.05, 0.1) is 24.2 Å². The Balaban J connectivity index is 1.94. The summed E-state index contributed by atoms with van der Waals surface area (Å²) in [6, 6.07) is 17.8. The van der Waals surface area contributed by atoms with Crippen LogP contribution in [0.25, 0.3) is 5.69 Å². The SMILES string of the molecule is COC(=O)C1=Nc2c(C)nn(-c3ccccc3)c2N=C(c2ccc(C)cc2)C1. The number of aromatic nitrogens is 2. The van der Waals surface area contributed by atoms with Crippen LogP contribution in [-0.2, 0) is 9.53 Å². The smallest absolute Gasteiger partial charge is 0.352 e. The summed E-state index contributed by atoms with van der Waals surface area (Å²) in [5, 5.41) is 4.62. The van der Waals surface area contributed by atoms with E-state index in [0.717, 1.165) is 22.5 Å². The number of aliphatic imine (C=N–C) groups is 2. The van der Waals surface area contributed by atoms with E-state index in [4.69, 9.17) is 9.73 Å². The number of benzene rings is 2. The minimum absolute atomic E-state index is 0.290. The molecule has 0 N–H and O–H groups in total. The Bertz CT molecular complexity index is 1090. The molecule has 0 bridgehead atoms. The molecule has 0 radical (unpaired) electrons.